The maximum Gasteiger partial charge on any atom is 0.337 e. The molecule has 0 bridgehead atoms. The van der Waals surface area contributed by atoms with Crippen molar-refractivity contribution in [2.45, 2.75) is 4.90 Å². The molecule has 6 nitrogen and oxygen atoms in total. The van der Waals surface area contributed by atoms with Gasteiger partial charge in [0.15, 0.2) is 5.13 Å². The molecular formula is C14H7Cl2FN2O4S2. The van der Waals surface area contributed by atoms with Crippen molar-refractivity contribution in [3.63, 3.8) is 0 Å². The Labute approximate surface area is 154 Å². The van der Waals surface area contributed by atoms with E-state index < -0.39 is 32.3 Å². The van der Waals surface area contributed by atoms with Gasteiger partial charge in [0.05, 0.1) is 25.8 Å². The summed E-state index contributed by atoms with van der Waals surface area (Å²) in [6.45, 7) is 0. The summed E-state index contributed by atoms with van der Waals surface area (Å²) in [7, 11) is -4.22. The van der Waals surface area contributed by atoms with Gasteiger partial charge in [0.1, 0.15) is 10.7 Å². The minimum atomic E-state index is -4.22. The zero-order valence-electron chi connectivity index (χ0n) is 12.0. The number of thiazole rings is 1. The number of sulfonamides is 1. The van der Waals surface area contributed by atoms with E-state index in [1.807, 2.05) is 0 Å². The summed E-state index contributed by atoms with van der Waals surface area (Å²) in [5.41, 5.74) is 0.00957. The standard InChI is InChI=1S/C14H7Cl2FN2O4S2/c15-8-5-9(16)12(4-7(8)13(20)21)25(22,23)19-14-18-10-2-1-6(17)3-11(10)24-14/h1-5H,(H,18,19)(H,20,21). The van der Waals surface area contributed by atoms with Crippen LogP contribution in [-0.2, 0) is 10.0 Å². The molecule has 130 valence electrons. The molecule has 0 saturated carbocycles. The first kappa shape index (κ1) is 17.9. The summed E-state index contributed by atoms with van der Waals surface area (Å²) in [5, 5.41) is 8.63. The van der Waals surface area contributed by atoms with Crippen LogP contribution >= 0.6 is 34.5 Å². The lowest BCUT2D eigenvalue weighted by Gasteiger charge is -2.09. The third-order valence-corrected chi connectivity index (χ3v) is 6.29. The second-order valence-corrected chi connectivity index (χ2v) is 8.30. The zero-order valence-corrected chi connectivity index (χ0v) is 15.1. The van der Waals surface area contributed by atoms with E-state index in [1.165, 1.54) is 18.2 Å². The first-order chi connectivity index (χ1) is 11.7. The van der Waals surface area contributed by atoms with E-state index in [0.29, 0.717) is 10.2 Å². The van der Waals surface area contributed by atoms with Crippen molar-refractivity contribution in [2.75, 3.05) is 4.72 Å². The Hall–Kier alpha value is -1.94. The molecule has 2 N–H and O–H groups in total. The number of nitrogens with one attached hydrogen (secondary N) is 1. The number of hydrogen-bond donors (Lipinski definition) is 2. The van der Waals surface area contributed by atoms with Crippen LogP contribution in [0.3, 0.4) is 0 Å². The molecule has 11 heteroatoms. The predicted molar refractivity (Wildman–Crippen MR) is 93.8 cm³/mol. The van der Waals surface area contributed by atoms with Crippen molar-refractivity contribution < 1.29 is 22.7 Å². The molecular weight excluding hydrogens is 414 g/mol. The topological polar surface area (TPSA) is 96.4 Å². The van der Waals surface area contributed by atoms with Crippen molar-refractivity contribution in [1.29, 1.82) is 0 Å². The highest BCUT2D eigenvalue weighted by Crippen LogP contribution is 2.32. The predicted octanol–water partition coefficient (Wildman–Crippen LogP) is 4.24. The number of nitrogens with zero attached hydrogens (tertiary/aromatic N) is 1. The van der Waals surface area contributed by atoms with Gasteiger partial charge < -0.3 is 5.11 Å². The number of carboxylic acid groups (broad SMARTS) is 1. The van der Waals surface area contributed by atoms with Gasteiger partial charge in [-0.1, -0.05) is 34.5 Å². The number of aromatic nitrogens is 1. The molecule has 1 heterocycles. The van der Waals surface area contributed by atoms with Crippen LogP contribution < -0.4 is 4.72 Å². The number of halogens is 3. The molecule has 0 unspecified atom stereocenters. The molecule has 3 rings (SSSR count). The molecule has 1 aromatic heterocycles. The maximum atomic E-state index is 13.2. The molecule has 0 amide bonds. The smallest absolute Gasteiger partial charge is 0.337 e. The summed E-state index contributed by atoms with van der Waals surface area (Å²) in [6, 6.07) is 5.74. The lowest BCUT2D eigenvalue weighted by Crippen LogP contribution is -2.14. The average molecular weight is 421 g/mol. The molecule has 0 aliphatic heterocycles. The third-order valence-electron chi connectivity index (χ3n) is 3.11. The van der Waals surface area contributed by atoms with Crippen LogP contribution in [0, 0.1) is 5.82 Å². The third kappa shape index (κ3) is 3.54. The Bertz CT molecular complexity index is 1120. The minimum Gasteiger partial charge on any atom is -0.478 e. The number of anilines is 1. The average Bonchev–Trinajstić information content (AvgIpc) is 2.86. The SMILES string of the molecule is O=C(O)c1cc(S(=O)(=O)Nc2nc3ccc(F)cc3s2)c(Cl)cc1Cl. The summed E-state index contributed by atoms with van der Waals surface area (Å²) >= 11 is 12.6. The number of rotatable bonds is 4. The molecule has 0 atom stereocenters. The van der Waals surface area contributed by atoms with E-state index in [2.05, 4.69) is 9.71 Å². The number of fused-ring (bicyclic) bond motifs is 1. The molecule has 0 radical (unpaired) electrons. The van der Waals surface area contributed by atoms with Crippen LogP contribution in [0.15, 0.2) is 35.2 Å². The van der Waals surface area contributed by atoms with E-state index in [-0.39, 0.29) is 15.2 Å². The molecule has 0 aliphatic rings. The summed E-state index contributed by atoms with van der Waals surface area (Å²) in [6.07, 6.45) is 0. The lowest BCUT2D eigenvalue weighted by molar-refractivity contribution is 0.0697. The van der Waals surface area contributed by atoms with Gasteiger partial charge in [0.2, 0.25) is 0 Å². The van der Waals surface area contributed by atoms with Crippen molar-refractivity contribution in [2.24, 2.45) is 0 Å². The van der Waals surface area contributed by atoms with E-state index >= 15 is 0 Å². The van der Waals surface area contributed by atoms with Gasteiger partial charge >= 0.3 is 5.97 Å². The molecule has 0 aliphatic carbocycles. The fraction of sp³-hybridized carbons (Fsp3) is 0. The summed E-state index contributed by atoms with van der Waals surface area (Å²) < 4.78 is 40.9. The Kier molecular flexibility index (Phi) is 4.58. The number of carbonyl (C=O) groups is 1. The molecule has 0 saturated heterocycles. The van der Waals surface area contributed by atoms with Crippen LogP contribution in [0.25, 0.3) is 10.2 Å². The van der Waals surface area contributed by atoms with E-state index in [1.54, 1.807) is 0 Å². The number of hydrogen-bond acceptors (Lipinski definition) is 5. The monoisotopic (exact) mass is 420 g/mol. The second-order valence-electron chi connectivity index (χ2n) is 4.80. The quantitative estimate of drug-likeness (QED) is 0.657. The van der Waals surface area contributed by atoms with Gasteiger partial charge in [0, 0.05) is 0 Å². The van der Waals surface area contributed by atoms with E-state index in [4.69, 9.17) is 28.3 Å². The minimum absolute atomic E-state index is 0.0107. The number of carboxylic acids is 1. The summed E-state index contributed by atoms with van der Waals surface area (Å²) in [5.74, 6) is -1.87. The van der Waals surface area contributed by atoms with Crippen LogP contribution in [0.1, 0.15) is 10.4 Å². The Morgan fingerprint density at radius 1 is 1.20 bits per heavy atom. The van der Waals surface area contributed by atoms with Gasteiger partial charge in [-0.25, -0.2) is 22.6 Å². The van der Waals surface area contributed by atoms with Gasteiger partial charge in [-0.15, -0.1) is 0 Å². The highest BCUT2D eigenvalue weighted by molar-refractivity contribution is 7.93. The highest BCUT2D eigenvalue weighted by atomic mass is 35.5. The molecule has 0 spiro atoms. The van der Waals surface area contributed by atoms with Gasteiger partial charge in [-0.3, -0.25) is 4.72 Å². The zero-order chi connectivity index (χ0) is 18.4. The molecule has 25 heavy (non-hydrogen) atoms. The van der Waals surface area contributed by atoms with Crippen molar-refractivity contribution in [3.8, 4) is 0 Å². The van der Waals surface area contributed by atoms with Crippen LogP contribution in [0.2, 0.25) is 10.0 Å². The van der Waals surface area contributed by atoms with Crippen LogP contribution in [-0.4, -0.2) is 24.5 Å². The van der Waals surface area contributed by atoms with Crippen molar-refractivity contribution in [1.82, 2.24) is 4.98 Å². The first-order valence-corrected chi connectivity index (χ1v) is 9.54. The molecule has 0 fully saturated rings. The number of benzene rings is 2. The fourth-order valence-electron chi connectivity index (χ4n) is 2.01. The van der Waals surface area contributed by atoms with Gasteiger partial charge in [-0.2, -0.15) is 0 Å². The molecule has 3 aromatic rings. The molecule has 2 aromatic carbocycles. The van der Waals surface area contributed by atoms with Crippen LogP contribution in [0.5, 0.6) is 0 Å². The Balaban J connectivity index is 2.04. The largest absolute Gasteiger partial charge is 0.478 e. The van der Waals surface area contributed by atoms with Crippen molar-refractivity contribution in [3.05, 3.63) is 51.8 Å². The van der Waals surface area contributed by atoms with Crippen molar-refractivity contribution >= 4 is 65.9 Å². The maximum absolute atomic E-state index is 13.2. The van der Waals surface area contributed by atoms with Gasteiger partial charge in [0.25, 0.3) is 10.0 Å². The normalized spacial score (nSPS) is 11.6. The Morgan fingerprint density at radius 3 is 2.60 bits per heavy atom. The Morgan fingerprint density at radius 2 is 1.92 bits per heavy atom. The fourth-order valence-corrected chi connectivity index (χ4v) is 4.99. The lowest BCUT2D eigenvalue weighted by atomic mass is 10.2. The second kappa shape index (κ2) is 6.41. The van der Waals surface area contributed by atoms with E-state index in [0.717, 1.165) is 23.5 Å². The van der Waals surface area contributed by atoms with Crippen LogP contribution in [0.4, 0.5) is 9.52 Å². The summed E-state index contributed by atoms with van der Waals surface area (Å²) in [4.78, 5) is 14.7. The highest BCUT2D eigenvalue weighted by Gasteiger charge is 2.23. The van der Waals surface area contributed by atoms with E-state index in [9.17, 15) is 17.6 Å². The number of aromatic carboxylic acids is 1. The van der Waals surface area contributed by atoms with Gasteiger partial charge in [-0.05, 0) is 30.3 Å². The first-order valence-electron chi connectivity index (χ1n) is 6.48.